The quantitative estimate of drug-likeness (QED) is 0.660. The summed E-state index contributed by atoms with van der Waals surface area (Å²) in [5.74, 6) is 0.866. The SMILES string of the molecule is Cn1ccnc1-c1sc2sccc2c1C#N. The van der Waals surface area contributed by atoms with E-state index in [1.807, 2.05) is 29.3 Å². The summed E-state index contributed by atoms with van der Waals surface area (Å²) in [6, 6.07) is 4.29. The smallest absolute Gasteiger partial charge is 0.151 e. The van der Waals surface area contributed by atoms with E-state index in [-0.39, 0.29) is 0 Å². The fourth-order valence-electron chi connectivity index (χ4n) is 1.68. The van der Waals surface area contributed by atoms with Crippen LogP contribution in [0.1, 0.15) is 5.56 Å². The number of imidazole rings is 1. The zero-order valence-electron chi connectivity index (χ0n) is 8.47. The molecule has 0 aliphatic rings. The summed E-state index contributed by atoms with van der Waals surface area (Å²) in [7, 11) is 1.94. The van der Waals surface area contributed by atoms with Gasteiger partial charge in [0.2, 0.25) is 0 Å². The minimum atomic E-state index is 0.746. The van der Waals surface area contributed by atoms with Gasteiger partial charge in [0.15, 0.2) is 5.82 Å². The summed E-state index contributed by atoms with van der Waals surface area (Å²) in [6.45, 7) is 0. The molecule has 3 rings (SSSR count). The molecule has 0 saturated heterocycles. The Hall–Kier alpha value is -1.64. The number of hydrogen-bond acceptors (Lipinski definition) is 4. The van der Waals surface area contributed by atoms with Gasteiger partial charge in [-0.2, -0.15) is 5.26 Å². The van der Waals surface area contributed by atoms with Gasteiger partial charge in [-0.15, -0.1) is 22.7 Å². The second kappa shape index (κ2) is 3.44. The van der Waals surface area contributed by atoms with E-state index < -0.39 is 0 Å². The van der Waals surface area contributed by atoms with Crippen molar-refractivity contribution in [1.29, 1.82) is 5.26 Å². The van der Waals surface area contributed by atoms with E-state index in [1.54, 1.807) is 28.9 Å². The summed E-state index contributed by atoms with van der Waals surface area (Å²) in [6.07, 6.45) is 3.65. The lowest BCUT2D eigenvalue weighted by molar-refractivity contribution is 0.927. The zero-order valence-corrected chi connectivity index (χ0v) is 10.1. The van der Waals surface area contributed by atoms with Crippen LogP contribution in [0.3, 0.4) is 0 Å². The van der Waals surface area contributed by atoms with Gasteiger partial charge in [0.25, 0.3) is 0 Å². The topological polar surface area (TPSA) is 41.6 Å². The van der Waals surface area contributed by atoms with E-state index >= 15 is 0 Å². The highest BCUT2D eigenvalue weighted by atomic mass is 32.2. The second-order valence-corrected chi connectivity index (χ2v) is 5.60. The number of nitriles is 1. The molecule has 0 aliphatic heterocycles. The molecule has 0 N–H and O–H groups in total. The molecule has 0 amide bonds. The van der Waals surface area contributed by atoms with E-state index in [0.29, 0.717) is 0 Å². The standard InChI is InChI=1S/C11H7N3S2/c1-14-4-3-13-10(14)9-8(6-12)7-2-5-15-11(7)16-9/h2-5H,1H3. The molecule has 3 aromatic heterocycles. The average Bonchev–Trinajstić information content (AvgIpc) is 2.90. The van der Waals surface area contributed by atoms with Crippen LogP contribution in [0.5, 0.6) is 0 Å². The largest absolute Gasteiger partial charge is 0.333 e. The van der Waals surface area contributed by atoms with Crippen molar-refractivity contribution in [3.8, 4) is 16.8 Å². The maximum atomic E-state index is 9.24. The predicted molar refractivity (Wildman–Crippen MR) is 66.6 cm³/mol. The Balaban J connectivity index is 2.36. The lowest BCUT2D eigenvalue weighted by Gasteiger charge is -1.97. The Morgan fingerprint density at radius 2 is 2.38 bits per heavy atom. The number of aromatic nitrogens is 2. The summed E-state index contributed by atoms with van der Waals surface area (Å²) < 4.78 is 3.13. The molecule has 3 heterocycles. The molecule has 3 aromatic rings. The first-order chi connectivity index (χ1) is 7.81. The van der Waals surface area contributed by atoms with Crippen molar-refractivity contribution in [2.45, 2.75) is 0 Å². The van der Waals surface area contributed by atoms with Crippen molar-refractivity contribution in [2.75, 3.05) is 0 Å². The Labute approximate surface area is 100 Å². The minimum Gasteiger partial charge on any atom is -0.333 e. The molecule has 0 fully saturated rings. The van der Waals surface area contributed by atoms with Gasteiger partial charge in [-0.3, -0.25) is 0 Å². The van der Waals surface area contributed by atoms with Gasteiger partial charge in [-0.25, -0.2) is 4.98 Å². The maximum absolute atomic E-state index is 9.24. The van der Waals surface area contributed by atoms with E-state index in [9.17, 15) is 5.26 Å². The third kappa shape index (κ3) is 1.21. The number of rotatable bonds is 1. The van der Waals surface area contributed by atoms with E-state index in [4.69, 9.17) is 0 Å². The van der Waals surface area contributed by atoms with Crippen LogP contribution in [0.15, 0.2) is 23.8 Å². The van der Waals surface area contributed by atoms with Gasteiger partial charge < -0.3 is 4.57 Å². The van der Waals surface area contributed by atoms with E-state index in [2.05, 4.69) is 11.1 Å². The molecule has 0 atom stereocenters. The molecule has 0 radical (unpaired) electrons. The Morgan fingerprint density at radius 1 is 1.50 bits per heavy atom. The first-order valence-electron chi connectivity index (χ1n) is 4.69. The molecule has 78 valence electrons. The lowest BCUT2D eigenvalue weighted by atomic mass is 10.2. The zero-order chi connectivity index (χ0) is 11.1. The molecule has 16 heavy (non-hydrogen) atoms. The highest BCUT2D eigenvalue weighted by Gasteiger charge is 2.17. The molecule has 3 nitrogen and oxygen atoms in total. The van der Waals surface area contributed by atoms with E-state index in [1.165, 1.54) is 4.01 Å². The Kier molecular flexibility index (Phi) is 2.06. The molecule has 0 aliphatic carbocycles. The van der Waals surface area contributed by atoms with Crippen LogP contribution in [0.25, 0.3) is 20.1 Å². The first-order valence-corrected chi connectivity index (χ1v) is 6.38. The van der Waals surface area contributed by atoms with Crippen molar-refractivity contribution in [2.24, 2.45) is 7.05 Å². The fourth-order valence-corrected chi connectivity index (χ4v) is 3.92. The van der Waals surface area contributed by atoms with Gasteiger partial charge in [-0.1, -0.05) is 0 Å². The first kappa shape index (κ1) is 9.58. The molecule has 0 spiro atoms. The number of thiophene rings is 2. The van der Waals surface area contributed by atoms with Gasteiger partial charge in [0.05, 0.1) is 14.5 Å². The van der Waals surface area contributed by atoms with Gasteiger partial charge in [0, 0.05) is 24.8 Å². The second-order valence-electron chi connectivity index (χ2n) is 3.40. The number of nitrogens with zero attached hydrogens (tertiary/aromatic N) is 3. The van der Waals surface area contributed by atoms with Crippen LogP contribution in [0.2, 0.25) is 0 Å². The summed E-state index contributed by atoms with van der Waals surface area (Å²) in [5.41, 5.74) is 0.746. The van der Waals surface area contributed by atoms with Crippen molar-refractivity contribution in [1.82, 2.24) is 9.55 Å². The van der Waals surface area contributed by atoms with Gasteiger partial charge in [0.1, 0.15) is 6.07 Å². The van der Waals surface area contributed by atoms with Gasteiger partial charge >= 0.3 is 0 Å². The van der Waals surface area contributed by atoms with E-state index in [0.717, 1.165) is 21.7 Å². The predicted octanol–water partition coefficient (Wildman–Crippen LogP) is 3.23. The maximum Gasteiger partial charge on any atom is 0.151 e. The monoisotopic (exact) mass is 245 g/mol. The lowest BCUT2D eigenvalue weighted by Crippen LogP contribution is -1.90. The highest BCUT2D eigenvalue weighted by molar-refractivity contribution is 7.39. The molecule has 5 heteroatoms. The molecular weight excluding hydrogens is 238 g/mol. The van der Waals surface area contributed by atoms with Crippen LogP contribution in [0, 0.1) is 11.3 Å². The van der Waals surface area contributed by atoms with Crippen molar-refractivity contribution in [3.63, 3.8) is 0 Å². The number of fused-ring (bicyclic) bond motifs is 1. The van der Waals surface area contributed by atoms with Crippen molar-refractivity contribution >= 4 is 32.1 Å². The number of aryl methyl sites for hydroxylation is 1. The van der Waals surface area contributed by atoms with Crippen LogP contribution < -0.4 is 0 Å². The van der Waals surface area contributed by atoms with Crippen LogP contribution in [-0.4, -0.2) is 9.55 Å². The molecule has 0 saturated carbocycles. The normalized spacial score (nSPS) is 10.8. The summed E-state index contributed by atoms with van der Waals surface area (Å²) in [4.78, 5) is 5.27. The summed E-state index contributed by atoms with van der Waals surface area (Å²) in [5, 5.41) is 12.3. The summed E-state index contributed by atoms with van der Waals surface area (Å²) >= 11 is 3.31. The Bertz CT molecular complexity index is 696. The fraction of sp³-hybridized carbons (Fsp3) is 0.0909. The van der Waals surface area contributed by atoms with Crippen LogP contribution in [-0.2, 0) is 7.05 Å². The minimum absolute atomic E-state index is 0.746. The Morgan fingerprint density at radius 3 is 3.06 bits per heavy atom. The molecule has 0 aromatic carbocycles. The average molecular weight is 245 g/mol. The highest BCUT2D eigenvalue weighted by Crippen LogP contribution is 2.39. The molecular formula is C11H7N3S2. The molecule has 0 unspecified atom stereocenters. The van der Waals surface area contributed by atoms with Crippen molar-refractivity contribution in [3.05, 3.63) is 29.4 Å². The third-order valence-corrected chi connectivity index (χ3v) is 4.70. The number of hydrogen-bond donors (Lipinski definition) is 0. The van der Waals surface area contributed by atoms with Gasteiger partial charge in [-0.05, 0) is 11.4 Å². The van der Waals surface area contributed by atoms with Crippen molar-refractivity contribution < 1.29 is 0 Å². The third-order valence-electron chi connectivity index (χ3n) is 2.46. The van der Waals surface area contributed by atoms with Crippen LogP contribution >= 0.6 is 22.7 Å². The van der Waals surface area contributed by atoms with Crippen LogP contribution in [0.4, 0.5) is 0 Å². The molecule has 0 bridgehead atoms.